The normalized spacial score (nSPS) is 12.0. The third-order valence-corrected chi connectivity index (χ3v) is 4.13. The van der Waals surface area contributed by atoms with E-state index < -0.39 is 0 Å². The summed E-state index contributed by atoms with van der Waals surface area (Å²) in [5.41, 5.74) is 2.33. The van der Waals surface area contributed by atoms with Crippen LogP contribution in [0.3, 0.4) is 0 Å². The van der Waals surface area contributed by atoms with Crippen molar-refractivity contribution < 1.29 is 14.2 Å². The Kier molecular flexibility index (Phi) is 5.47. The van der Waals surface area contributed by atoms with Crippen molar-refractivity contribution in [2.24, 2.45) is 0 Å². The molecule has 1 unspecified atom stereocenters. The van der Waals surface area contributed by atoms with Crippen molar-refractivity contribution in [1.82, 2.24) is 5.32 Å². The van der Waals surface area contributed by atoms with Gasteiger partial charge < -0.3 is 19.5 Å². The molecule has 0 fully saturated rings. The van der Waals surface area contributed by atoms with Crippen LogP contribution in [-0.4, -0.2) is 21.3 Å². The van der Waals surface area contributed by atoms with Crippen LogP contribution in [-0.2, 0) is 6.54 Å². The topological polar surface area (TPSA) is 39.7 Å². The Hall–Kier alpha value is -1.72. The molecule has 1 atom stereocenters. The van der Waals surface area contributed by atoms with E-state index in [4.69, 9.17) is 14.2 Å². The van der Waals surface area contributed by atoms with E-state index in [0.29, 0.717) is 18.0 Å². The molecule has 4 nitrogen and oxygen atoms in total. The minimum Gasteiger partial charge on any atom is -0.496 e. The van der Waals surface area contributed by atoms with Gasteiger partial charge in [0, 0.05) is 24.2 Å². The first-order valence-electron chi connectivity index (χ1n) is 6.74. The summed E-state index contributed by atoms with van der Waals surface area (Å²) in [6, 6.07) is 6.22. The molecule has 2 rings (SSSR count). The lowest BCUT2D eigenvalue weighted by Gasteiger charge is -2.17. The highest BCUT2D eigenvalue weighted by Gasteiger charge is 2.13. The molecule has 0 aliphatic rings. The van der Waals surface area contributed by atoms with Crippen molar-refractivity contribution in [3.05, 3.63) is 40.1 Å². The number of hydrogen-bond donors (Lipinski definition) is 1. The fourth-order valence-electron chi connectivity index (χ4n) is 2.13. The molecule has 0 radical (unpaired) electrons. The number of methoxy groups -OCH3 is 3. The maximum absolute atomic E-state index is 5.44. The number of thiophene rings is 1. The fraction of sp³-hybridized carbons (Fsp3) is 0.375. The summed E-state index contributed by atoms with van der Waals surface area (Å²) >= 11 is 1.71. The molecule has 0 amide bonds. The van der Waals surface area contributed by atoms with Crippen molar-refractivity contribution in [1.29, 1.82) is 0 Å². The molecule has 0 saturated heterocycles. The molecule has 0 saturated carbocycles. The van der Waals surface area contributed by atoms with Crippen LogP contribution in [0.2, 0.25) is 0 Å². The average Bonchev–Trinajstić information content (AvgIpc) is 3.06. The predicted octanol–water partition coefficient (Wildman–Crippen LogP) is 3.62. The molecule has 1 aromatic heterocycles. The molecular weight excluding hydrogens is 286 g/mol. The minimum absolute atomic E-state index is 0.286. The Morgan fingerprint density at radius 3 is 2.29 bits per heavy atom. The molecule has 114 valence electrons. The Morgan fingerprint density at radius 2 is 1.71 bits per heavy atom. The molecule has 0 spiro atoms. The molecule has 1 aromatic carbocycles. The van der Waals surface area contributed by atoms with Gasteiger partial charge in [0.25, 0.3) is 0 Å². The summed E-state index contributed by atoms with van der Waals surface area (Å²) < 4.78 is 16.1. The van der Waals surface area contributed by atoms with Crippen LogP contribution >= 0.6 is 11.3 Å². The maximum atomic E-state index is 5.44. The van der Waals surface area contributed by atoms with Gasteiger partial charge in [-0.2, -0.15) is 11.3 Å². The standard InChI is InChI=1S/C16H21NO3S/c1-11(12-5-6-21-10-12)17-9-13-7-15(19-3)16(20-4)8-14(13)18-2/h5-8,10-11,17H,9H2,1-4H3. The van der Waals surface area contributed by atoms with Crippen LogP contribution in [0.1, 0.15) is 24.1 Å². The van der Waals surface area contributed by atoms with Gasteiger partial charge in [0.1, 0.15) is 5.75 Å². The summed E-state index contributed by atoms with van der Waals surface area (Å²) in [5.74, 6) is 2.17. The summed E-state index contributed by atoms with van der Waals surface area (Å²) in [6.07, 6.45) is 0. The largest absolute Gasteiger partial charge is 0.496 e. The van der Waals surface area contributed by atoms with Crippen molar-refractivity contribution in [3.63, 3.8) is 0 Å². The van der Waals surface area contributed by atoms with Crippen molar-refractivity contribution >= 4 is 11.3 Å². The SMILES string of the molecule is COc1cc(OC)c(OC)cc1CNC(C)c1ccsc1. The molecule has 1 heterocycles. The van der Waals surface area contributed by atoms with Crippen molar-refractivity contribution in [3.8, 4) is 17.2 Å². The van der Waals surface area contributed by atoms with E-state index in [-0.39, 0.29) is 6.04 Å². The van der Waals surface area contributed by atoms with E-state index in [1.54, 1.807) is 32.7 Å². The average molecular weight is 307 g/mol. The highest BCUT2D eigenvalue weighted by molar-refractivity contribution is 7.07. The third kappa shape index (κ3) is 3.68. The second kappa shape index (κ2) is 7.33. The molecular formula is C16H21NO3S. The Morgan fingerprint density at radius 1 is 1.05 bits per heavy atom. The zero-order valence-electron chi connectivity index (χ0n) is 12.8. The number of nitrogens with one attached hydrogen (secondary N) is 1. The van der Waals surface area contributed by atoms with E-state index in [2.05, 4.69) is 29.1 Å². The zero-order chi connectivity index (χ0) is 15.2. The fourth-order valence-corrected chi connectivity index (χ4v) is 2.89. The molecule has 2 aromatic rings. The van der Waals surface area contributed by atoms with Gasteiger partial charge in [0.05, 0.1) is 21.3 Å². The van der Waals surface area contributed by atoms with Gasteiger partial charge in [-0.1, -0.05) is 0 Å². The lowest BCUT2D eigenvalue weighted by Crippen LogP contribution is -2.18. The van der Waals surface area contributed by atoms with Gasteiger partial charge >= 0.3 is 0 Å². The Labute approximate surface area is 129 Å². The van der Waals surface area contributed by atoms with Crippen LogP contribution < -0.4 is 19.5 Å². The monoisotopic (exact) mass is 307 g/mol. The predicted molar refractivity (Wildman–Crippen MR) is 85.7 cm³/mol. The second-order valence-corrected chi connectivity index (χ2v) is 5.46. The highest BCUT2D eigenvalue weighted by atomic mass is 32.1. The number of ether oxygens (including phenoxy) is 3. The zero-order valence-corrected chi connectivity index (χ0v) is 13.6. The summed E-state index contributed by atoms with van der Waals surface area (Å²) in [4.78, 5) is 0. The first kappa shape index (κ1) is 15.7. The molecule has 5 heteroatoms. The first-order chi connectivity index (χ1) is 10.2. The lowest BCUT2D eigenvalue weighted by atomic mass is 10.1. The molecule has 0 aliphatic heterocycles. The van der Waals surface area contributed by atoms with Gasteiger partial charge in [-0.3, -0.25) is 0 Å². The highest BCUT2D eigenvalue weighted by Crippen LogP contribution is 2.34. The smallest absolute Gasteiger partial charge is 0.164 e. The van der Waals surface area contributed by atoms with Gasteiger partial charge in [-0.15, -0.1) is 0 Å². The van der Waals surface area contributed by atoms with Gasteiger partial charge in [0.2, 0.25) is 0 Å². The maximum Gasteiger partial charge on any atom is 0.164 e. The Bertz CT molecular complexity index is 569. The van der Waals surface area contributed by atoms with Crippen molar-refractivity contribution in [2.45, 2.75) is 19.5 Å². The van der Waals surface area contributed by atoms with Crippen LogP contribution in [0.4, 0.5) is 0 Å². The minimum atomic E-state index is 0.286. The lowest BCUT2D eigenvalue weighted by molar-refractivity contribution is 0.346. The number of hydrogen-bond acceptors (Lipinski definition) is 5. The number of benzene rings is 1. The van der Waals surface area contributed by atoms with Crippen molar-refractivity contribution in [2.75, 3.05) is 21.3 Å². The molecule has 0 aliphatic carbocycles. The van der Waals surface area contributed by atoms with Gasteiger partial charge in [0.15, 0.2) is 11.5 Å². The van der Waals surface area contributed by atoms with Crippen LogP contribution in [0.5, 0.6) is 17.2 Å². The van der Waals surface area contributed by atoms with E-state index >= 15 is 0 Å². The van der Waals surface area contributed by atoms with E-state index in [9.17, 15) is 0 Å². The van der Waals surface area contributed by atoms with Crippen LogP contribution in [0.15, 0.2) is 29.0 Å². The van der Waals surface area contributed by atoms with E-state index in [0.717, 1.165) is 11.3 Å². The van der Waals surface area contributed by atoms with Gasteiger partial charge in [-0.05, 0) is 35.4 Å². The van der Waals surface area contributed by atoms with E-state index in [1.165, 1.54) is 5.56 Å². The number of rotatable bonds is 7. The van der Waals surface area contributed by atoms with Crippen LogP contribution in [0, 0.1) is 0 Å². The molecule has 1 N–H and O–H groups in total. The van der Waals surface area contributed by atoms with Gasteiger partial charge in [-0.25, -0.2) is 0 Å². The summed E-state index contributed by atoms with van der Waals surface area (Å²) in [5, 5.41) is 7.74. The van der Waals surface area contributed by atoms with Crippen LogP contribution in [0.25, 0.3) is 0 Å². The third-order valence-electron chi connectivity index (χ3n) is 3.43. The quantitative estimate of drug-likeness (QED) is 0.848. The summed E-state index contributed by atoms with van der Waals surface area (Å²) in [6.45, 7) is 2.84. The molecule has 21 heavy (non-hydrogen) atoms. The van der Waals surface area contributed by atoms with E-state index in [1.807, 2.05) is 12.1 Å². The Balaban J connectivity index is 2.15. The molecule has 0 bridgehead atoms. The summed E-state index contributed by atoms with van der Waals surface area (Å²) in [7, 11) is 4.91. The second-order valence-electron chi connectivity index (χ2n) is 4.68. The first-order valence-corrected chi connectivity index (χ1v) is 7.68.